The van der Waals surface area contributed by atoms with Crippen molar-refractivity contribution in [2.45, 2.75) is 19.3 Å². The molecule has 3 aliphatic rings. The van der Waals surface area contributed by atoms with Gasteiger partial charge in [0.1, 0.15) is 0 Å². The first-order valence-electron chi connectivity index (χ1n) is 12.7. The Bertz CT molecular complexity index is 1780. The van der Waals surface area contributed by atoms with Crippen molar-refractivity contribution in [3.63, 3.8) is 0 Å². The van der Waals surface area contributed by atoms with Crippen molar-refractivity contribution in [3.8, 4) is 33.4 Å². The molecule has 0 aliphatic heterocycles. The van der Waals surface area contributed by atoms with Crippen LogP contribution in [0.5, 0.6) is 0 Å². The molecule has 0 saturated carbocycles. The van der Waals surface area contributed by atoms with Gasteiger partial charge in [-0.25, -0.2) is 0 Å². The van der Waals surface area contributed by atoms with Crippen LogP contribution in [0.3, 0.4) is 0 Å². The minimum atomic E-state index is 1.06. The van der Waals surface area contributed by atoms with Crippen LogP contribution < -0.4 is 0 Å². The highest BCUT2D eigenvalue weighted by Crippen LogP contribution is 2.51. The molecule has 3 aliphatic carbocycles. The van der Waals surface area contributed by atoms with Gasteiger partial charge in [-0.3, -0.25) is 0 Å². The second-order valence-corrected chi connectivity index (χ2v) is 10.5. The van der Waals surface area contributed by atoms with Crippen LogP contribution in [0.1, 0.15) is 33.4 Å². The van der Waals surface area contributed by atoms with Crippen molar-refractivity contribution in [1.82, 2.24) is 0 Å². The molecule has 0 atom stereocenters. The van der Waals surface area contributed by atoms with Crippen molar-refractivity contribution in [1.29, 1.82) is 0 Å². The zero-order valence-electron chi connectivity index (χ0n) is 19.4. The average molecular weight is 443 g/mol. The second kappa shape index (κ2) is 6.29. The Morgan fingerprint density at radius 3 is 1.09 bits per heavy atom. The Kier molecular flexibility index (Phi) is 3.27. The fourth-order valence-electron chi connectivity index (χ4n) is 7.13. The van der Waals surface area contributed by atoms with Crippen LogP contribution in [0.15, 0.2) is 97.1 Å². The van der Waals surface area contributed by atoms with E-state index < -0.39 is 0 Å². The number of benzene rings is 6. The molecule has 0 heterocycles. The van der Waals surface area contributed by atoms with Gasteiger partial charge in [-0.15, -0.1) is 0 Å². The van der Waals surface area contributed by atoms with Crippen LogP contribution in [0, 0.1) is 0 Å². The summed E-state index contributed by atoms with van der Waals surface area (Å²) in [4.78, 5) is 0. The van der Waals surface area contributed by atoms with E-state index in [4.69, 9.17) is 0 Å². The smallest absolute Gasteiger partial charge is 0.000730 e. The fourth-order valence-corrected chi connectivity index (χ4v) is 7.13. The van der Waals surface area contributed by atoms with Gasteiger partial charge in [0, 0.05) is 0 Å². The first-order valence-corrected chi connectivity index (χ1v) is 12.7. The monoisotopic (exact) mass is 442 g/mol. The van der Waals surface area contributed by atoms with Gasteiger partial charge < -0.3 is 0 Å². The Labute approximate surface area is 204 Å². The molecule has 0 amide bonds. The average Bonchev–Trinajstić information content (AvgIpc) is 3.56. The largest absolute Gasteiger partial charge is 0.0616 e. The summed E-state index contributed by atoms with van der Waals surface area (Å²) < 4.78 is 0. The Morgan fingerprint density at radius 1 is 0.314 bits per heavy atom. The molecule has 6 aromatic carbocycles. The first-order chi connectivity index (χ1) is 17.3. The quantitative estimate of drug-likeness (QED) is 0.220. The van der Waals surface area contributed by atoms with Crippen LogP contribution in [-0.2, 0) is 19.3 Å². The maximum Gasteiger partial charge on any atom is -0.000730 e. The Hall–Kier alpha value is -4.16. The van der Waals surface area contributed by atoms with Crippen molar-refractivity contribution >= 4 is 21.5 Å². The summed E-state index contributed by atoms with van der Waals surface area (Å²) in [5.41, 5.74) is 17.9. The predicted molar refractivity (Wildman–Crippen MR) is 146 cm³/mol. The molecule has 35 heavy (non-hydrogen) atoms. The molecule has 0 bridgehead atoms. The normalized spacial score (nSPS) is 13.9. The van der Waals surface area contributed by atoms with Crippen molar-refractivity contribution in [2.24, 2.45) is 0 Å². The Morgan fingerprint density at radius 2 is 0.657 bits per heavy atom. The maximum atomic E-state index is 2.41. The highest BCUT2D eigenvalue weighted by atomic mass is 14.4. The van der Waals surface area contributed by atoms with Crippen LogP contribution in [0.4, 0.5) is 0 Å². The van der Waals surface area contributed by atoms with Gasteiger partial charge in [-0.05, 0) is 120 Å². The highest BCUT2D eigenvalue weighted by molar-refractivity contribution is 5.96. The summed E-state index contributed by atoms with van der Waals surface area (Å²) in [6, 6.07) is 36.7. The van der Waals surface area contributed by atoms with Crippen LogP contribution in [0.2, 0.25) is 0 Å². The van der Waals surface area contributed by atoms with E-state index in [9.17, 15) is 0 Å². The van der Waals surface area contributed by atoms with E-state index in [1.807, 2.05) is 0 Å². The molecule has 9 rings (SSSR count). The summed E-state index contributed by atoms with van der Waals surface area (Å²) in [6.07, 6.45) is 3.18. The summed E-state index contributed by atoms with van der Waals surface area (Å²) in [6.45, 7) is 0. The number of rotatable bonds is 0. The number of hydrogen-bond donors (Lipinski definition) is 0. The lowest BCUT2D eigenvalue weighted by Crippen LogP contribution is -1.93. The molecule has 0 radical (unpaired) electrons. The molecular weight excluding hydrogens is 420 g/mol. The third-order valence-electron chi connectivity index (χ3n) is 8.76. The van der Waals surface area contributed by atoms with E-state index >= 15 is 0 Å². The molecule has 162 valence electrons. The van der Waals surface area contributed by atoms with Gasteiger partial charge in [0.2, 0.25) is 0 Å². The Balaban J connectivity index is 1.19. The lowest BCUT2D eigenvalue weighted by molar-refractivity contribution is 1.13. The second-order valence-electron chi connectivity index (χ2n) is 10.5. The standard InChI is InChI=1S/C35H22/c1-3-7-22-15-30-24(13-20(22)5-1)17-32-28(30)11-9-26-27-10-12-29-31-16-23-8-4-2-6-21(23)14-25(31)18-33(29)35(27)19-34(26)32/h1-16H,17-19H2. The van der Waals surface area contributed by atoms with Gasteiger partial charge in [0.25, 0.3) is 0 Å². The third-order valence-corrected chi connectivity index (χ3v) is 8.76. The lowest BCUT2D eigenvalue weighted by atomic mass is 9.95. The summed E-state index contributed by atoms with van der Waals surface area (Å²) >= 11 is 0. The zero-order chi connectivity index (χ0) is 22.7. The highest BCUT2D eigenvalue weighted by Gasteiger charge is 2.32. The zero-order valence-corrected chi connectivity index (χ0v) is 19.4. The molecule has 0 aromatic heterocycles. The lowest BCUT2D eigenvalue weighted by Gasteiger charge is -2.08. The maximum absolute atomic E-state index is 2.41. The van der Waals surface area contributed by atoms with Crippen molar-refractivity contribution < 1.29 is 0 Å². The van der Waals surface area contributed by atoms with Gasteiger partial charge >= 0.3 is 0 Å². The van der Waals surface area contributed by atoms with E-state index in [2.05, 4.69) is 97.1 Å². The van der Waals surface area contributed by atoms with Crippen LogP contribution in [-0.4, -0.2) is 0 Å². The molecule has 0 fully saturated rings. The van der Waals surface area contributed by atoms with Gasteiger partial charge in [0.15, 0.2) is 0 Å². The number of hydrogen-bond acceptors (Lipinski definition) is 0. The van der Waals surface area contributed by atoms with Crippen LogP contribution in [0.25, 0.3) is 54.9 Å². The van der Waals surface area contributed by atoms with Gasteiger partial charge in [-0.1, -0.05) is 84.9 Å². The summed E-state index contributed by atoms with van der Waals surface area (Å²) in [7, 11) is 0. The van der Waals surface area contributed by atoms with E-state index in [-0.39, 0.29) is 0 Å². The molecule has 0 spiro atoms. The summed E-state index contributed by atoms with van der Waals surface area (Å²) in [5.74, 6) is 0. The molecule has 0 heteroatoms. The molecule has 0 nitrogen and oxygen atoms in total. The molecule has 0 saturated heterocycles. The van der Waals surface area contributed by atoms with Gasteiger partial charge in [-0.2, -0.15) is 0 Å². The van der Waals surface area contributed by atoms with E-state index in [1.54, 1.807) is 22.3 Å². The van der Waals surface area contributed by atoms with Crippen LogP contribution >= 0.6 is 0 Å². The van der Waals surface area contributed by atoms with E-state index in [0.717, 1.165) is 19.3 Å². The van der Waals surface area contributed by atoms with Crippen molar-refractivity contribution in [2.75, 3.05) is 0 Å². The molecule has 6 aromatic rings. The fraction of sp³-hybridized carbons (Fsp3) is 0.0857. The van der Waals surface area contributed by atoms with E-state index in [0.29, 0.717) is 0 Å². The topological polar surface area (TPSA) is 0 Å². The number of fused-ring (bicyclic) bond motifs is 13. The first kappa shape index (κ1) is 18.2. The van der Waals surface area contributed by atoms with Gasteiger partial charge in [0.05, 0.1) is 0 Å². The molecule has 0 unspecified atom stereocenters. The van der Waals surface area contributed by atoms with Crippen molar-refractivity contribution in [3.05, 3.63) is 130 Å². The minimum absolute atomic E-state index is 1.06. The summed E-state index contributed by atoms with van der Waals surface area (Å²) in [5, 5.41) is 5.38. The SMILES string of the molecule is c1ccc2cc3c(cc2c1)Cc1c-3ccc2c1Cc1c-2ccc2c1Cc1cc3ccccc3cc1-2. The predicted octanol–water partition coefficient (Wildman–Crippen LogP) is 8.71. The van der Waals surface area contributed by atoms with E-state index in [1.165, 1.54) is 66.1 Å². The molecular formula is C35H22. The molecule has 0 N–H and O–H groups in total. The third kappa shape index (κ3) is 2.32. The minimum Gasteiger partial charge on any atom is -0.0616 e.